The average molecular weight is 306 g/mol. The Hall–Kier alpha value is -1.44. The van der Waals surface area contributed by atoms with Gasteiger partial charge in [0.1, 0.15) is 5.75 Å². The van der Waals surface area contributed by atoms with E-state index in [9.17, 15) is 5.11 Å². The fourth-order valence-corrected chi connectivity index (χ4v) is 2.73. The molecule has 0 saturated heterocycles. The van der Waals surface area contributed by atoms with E-state index in [0.29, 0.717) is 5.56 Å². The Labute approximate surface area is 112 Å². The van der Waals surface area contributed by atoms with E-state index in [-0.39, 0.29) is 5.75 Å². The summed E-state index contributed by atoms with van der Waals surface area (Å²) in [6.45, 7) is 0. The van der Waals surface area contributed by atoms with Gasteiger partial charge in [0.2, 0.25) is 0 Å². The zero-order chi connectivity index (χ0) is 12.3. The minimum absolute atomic E-state index is 0.258. The van der Waals surface area contributed by atoms with Crippen LogP contribution in [0.5, 0.6) is 5.75 Å². The monoisotopic (exact) mass is 305 g/mol. The molecule has 0 radical (unpaired) electrons. The van der Waals surface area contributed by atoms with E-state index in [0.717, 1.165) is 14.3 Å². The number of halogens is 1. The number of hydrogen-bond acceptors (Lipinski definition) is 3. The molecule has 0 saturated carbocycles. The summed E-state index contributed by atoms with van der Waals surface area (Å²) in [7, 11) is 0. The molecule has 0 aliphatic heterocycles. The van der Waals surface area contributed by atoms with Crippen LogP contribution in [-0.2, 0) is 0 Å². The van der Waals surface area contributed by atoms with Crippen molar-refractivity contribution in [1.29, 1.82) is 5.26 Å². The van der Waals surface area contributed by atoms with E-state index in [2.05, 4.69) is 22.0 Å². The van der Waals surface area contributed by atoms with Gasteiger partial charge in [0.25, 0.3) is 0 Å². The lowest BCUT2D eigenvalue weighted by atomic mass is 10.2. The van der Waals surface area contributed by atoms with Gasteiger partial charge in [-0.3, -0.25) is 0 Å². The second-order valence-corrected chi connectivity index (χ2v) is 5.32. The van der Waals surface area contributed by atoms with Crippen molar-refractivity contribution in [3.05, 3.63) is 52.5 Å². The summed E-state index contributed by atoms with van der Waals surface area (Å²) in [5.41, 5.74) is 0.631. The molecule has 0 atom stereocenters. The molecule has 0 amide bonds. The Morgan fingerprint density at radius 3 is 2.41 bits per heavy atom. The molecule has 1 N–H and O–H groups in total. The summed E-state index contributed by atoms with van der Waals surface area (Å²) in [4.78, 5) is 2.07. The third kappa shape index (κ3) is 3.02. The van der Waals surface area contributed by atoms with Gasteiger partial charge in [0.05, 0.1) is 11.6 Å². The number of benzene rings is 2. The van der Waals surface area contributed by atoms with E-state index < -0.39 is 0 Å². The first-order valence-corrected chi connectivity index (χ1v) is 6.46. The third-order valence-electron chi connectivity index (χ3n) is 2.13. The molecule has 2 rings (SSSR count). The van der Waals surface area contributed by atoms with Crippen molar-refractivity contribution in [2.45, 2.75) is 9.79 Å². The van der Waals surface area contributed by atoms with E-state index >= 15 is 0 Å². The van der Waals surface area contributed by atoms with Gasteiger partial charge >= 0.3 is 0 Å². The minimum atomic E-state index is 0.258. The smallest absolute Gasteiger partial charge is 0.115 e. The predicted molar refractivity (Wildman–Crippen MR) is 71.1 cm³/mol. The van der Waals surface area contributed by atoms with Crippen LogP contribution in [0.15, 0.2) is 56.7 Å². The zero-order valence-electron chi connectivity index (χ0n) is 8.72. The van der Waals surface area contributed by atoms with Crippen molar-refractivity contribution in [2.75, 3.05) is 0 Å². The summed E-state index contributed by atoms with van der Waals surface area (Å²) >= 11 is 5.01. The molecule has 17 heavy (non-hydrogen) atoms. The maximum absolute atomic E-state index is 9.19. The van der Waals surface area contributed by atoms with Crippen LogP contribution in [0, 0.1) is 11.3 Å². The van der Waals surface area contributed by atoms with Crippen LogP contribution in [0.3, 0.4) is 0 Å². The molecule has 2 aromatic carbocycles. The van der Waals surface area contributed by atoms with Crippen molar-refractivity contribution in [3.63, 3.8) is 0 Å². The number of phenolic OH excluding ortho intramolecular Hbond substituents is 1. The van der Waals surface area contributed by atoms with Crippen LogP contribution in [0.2, 0.25) is 0 Å². The maximum atomic E-state index is 9.19. The Morgan fingerprint density at radius 1 is 1.12 bits per heavy atom. The summed E-state index contributed by atoms with van der Waals surface area (Å²) in [5, 5.41) is 18.0. The molecule has 0 fully saturated rings. The van der Waals surface area contributed by atoms with Gasteiger partial charge in [-0.25, -0.2) is 0 Å². The number of hydrogen-bond donors (Lipinski definition) is 1. The lowest BCUT2D eigenvalue weighted by molar-refractivity contribution is 0.475. The van der Waals surface area contributed by atoms with Gasteiger partial charge in [-0.15, -0.1) is 0 Å². The summed E-state index contributed by atoms with van der Waals surface area (Å²) < 4.78 is 0.898. The molecule has 4 heteroatoms. The average Bonchev–Trinajstić information content (AvgIpc) is 2.34. The third-order valence-corrected chi connectivity index (χ3v) is 4.13. The van der Waals surface area contributed by atoms with E-state index in [1.807, 2.05) is 18.2 Å². The molecule has 0 bridgehead atoms. The molecule has 2 nitrogen and oxygen atoms in total. The van der Waals surface area contributed by atoms with Crippen LogP contribution in [-0.4, -0.2) is 5.11 Å². The van der Waals surface area contributed by atoms with Gasteiger partial charge in [-0.2, -0.15) is 5.26 Å². The number of nitrogens with zero attached hydrogens (tertiary/aromatic N) is 1. The van der Waals surface area contributed by atoms with Crippen molar-refractivity contribution in [1.82, 2.24) is 0 Å². The van der Waals surface area contributed by atoms with Gasteiger partial charge in [-0.05, 0) is 58.4 Å². The van der Waals surface area contributed by atoms with E-state index in [1.54, 1.807) is 36.0 Å². The molecular formula is C13H8BrNOS. The Bertz CT molecular complexity index is 575. The Morgan fingerprint density at radius 2 is 1.82 bits per heavy atom. The number of aromatic hydroxyl groups is 1. The maximum Gasteiger partial charge on any atom is 0.115 e. The van der Waals surface area contributed by atoms with Crippen LogP contribution < -0.4 is 0 Å². The molecular weight excluding hydrogens is 298 g/mol. The standard InChI is InChI=1S/C13H8BrNOS/c14-12-7-9(8-15)1-6-13(12)17-11-4-2-10(16)3-5-11/h1-7,16H. The lowest BCUT2D eigenvalue weighted by Crippen LogP contribution is -1.79. The predicted octanol–water partition coefficient (Wildman–Crippen LogP) is 4.18. The molecule has 0 aliphatic rings. The summed E-state index contributed by atoms with van der Waals surface area (Å²) in [6.07, 6.45) is 0. The van der Waals surface area contributed by atoms with Crippen LogP contribution >= 0.6 is 27.7 Å². The Kier molecular flexibility index (Phi) is 3.72. The lowest BCUT2D eigenvalue weighted by Gasteiger charge is -2.04. The van der Waals surface area contributed by atoms with Crippen LogP contribution in [0.25, 0.3) is 0 Å². The fraction of sp³-hybridized carbons (Fsp3) is 0. The van der Waals surface area contributed by atoms with Crippen molar-refractivity contribution in [2.24, 2.45) is 0 Å². The van der Waals surface area contributed by atoms with Gasteiger partial charge in [0, 0.05) is 14.3 Å². The molecule has 2 aromatic rings. The largest absolute Gasteiger partial charge is 0.508 e. The summed E-state index contributed by atoms with van der Waals surface area (Å²) in [6, 6.07) is 14.6. The molecule has 0 unspecified atom stereocenters. The molecule has 0 spiro atoms. The highest BCUT2D eigenvalue weighted by Gasteiger charge is 2.03. The highest BCUT2D eigenvalue weighted by Crippen LogP contribution is 2.34. The van der Waals surface area contributed by atoms with E-state index in [4.69, 9.17) is 5.26 Å². The van der Waals surface area contributed by atoms with Crippen LogP contribution in [0.4, 0.5) is 0 Å². The number of phenols is 1. The first-order valence-electron chi connectivity index (χ1n) is 4.85. The first-order chi connectivity index (χ1) is 8.19. The SMILES string of the molecule is N#Cc1ccc(Sc2ccc(O)cc2)c(Br)c1. The second kappa shape index (κ2) is 5.26. The fourth-order valence-electron chi connectivity index (χ4n) is 1.29. The highest BCUT2D eigenvalue weighted by atomic mass is 79.9. The molecule has 0 aliphatic carbocycles. The first kappa shape index (κ1) is 12.0. The molecule has 0 aromatic heterocycles. The minimum Gasteiger partial charge on any atom is -0.508 e. The van der Waals surface area contributed by atoms with Crippen molar-refractivity contribution in [3.8, 4) is 11.8 Å². The highest BCUT2D eigenvalue weighted by molar-refractivity contribution is 9.10. The van der Waals surface area contributed by atoms with Gasteiger partial charge in [0.15, 0.2) is 0 Å². The Balaban J connectivity index is 2.25. The van der Waals surface area contributed by atoms with Crippen LogP contribution in [0.1, 0.15) is 5.56 Å². The number of rotatable bonds is 2. The molecule has 0 heterocycles. The zero-order valence-corrected chi connectivity index (χ0v) is 11.1. The van der Waals surface area contributed by atoms with Gasteiger partial charge in [-0.1, -0.05) is 11.8 Å². The molecule has 84 valence electrons. The van der Waals surface area contributed by atoms with E-state index in [1.165, 1.54) is 0 Å². The summed E-state index contributed by atoms with van der Waals surface area (Å²) in [5.74, 6) is 0.258. The topological polar surface area (TPSA) is 44.0 Å². The second-order valence-electron chi connectivity index (χ2n) is 3.35. The number of nitriles is 1. The normalized spacial score (nSPS) is 9.88. The van der Waals surface area contributed by atoms with Crippen molar-refractivity contribution >= 4 is 27.7 Å². The quantitative estimate of drug-likeness (QED) is 0.905. The van der Waals surface area contributed by atoms with Crippen molar-refractivity contribution < 1.29 is 5.11 Å². The van der Waals surface area contributed by atoms with Gasteiger partial charge < -0.3 is 5.11 Å².